The second kappa shape index (κ2) is 8.30. The molecule has 2 atom stereocenters. The van der Waals surface area contributed by atoms with Crippen LogP contribution in [0.5, 0.6) is 0 Å². The van der Waals surface area contributed by atoms with Crippen molar-refractivity contribution >= 4 is 14.3 Å². The first-order valence-electron chi connectivity index (χ1n) is 8.59. The van der Waals surface area contributed by atoms with E-state index in [-0.39, 0.29) is 11.0 Å². The van der Waals surface area contributed by atoms with E-state index in [0.717, 1.165) is 12.8 Å². The molecule has 0 radical (unpaired) electrons. The predicted molar refractivity (Wildman–Crippen MR) is 94.4 cm³/mol. The summed E-state index contributed by atoms with van der Waals surface area (Å²) >= 11 is 0. The van der Waals surface area contributed by atoms with E-state index >= 15 is 0 Å². The van der Waals surface area contributed by atoms with E-state index in [0.29, 0.717) is 12.0 Å². The standard InChI is InChI=1S/C18H34O3Si/c1-18(2,3)22(5,6)21-16-13-9-7-11-15(16)12-8-10-14-17(19)20-4/h10,14-16H,7-9,11-13H2,1-6H3. The molecular weight excluding hydrogens is 292 g/mol. The predicted octanol–water partition coefficient (Wildman–Crippen LogP) is 5.08. The van der Waals surface area contributed by atoms with Gasteiger partial charge in [0.2, 0.25) is 0 Å². The third-order valence-electron chi connectivity index (χ3n) is 5.25. The Kier molecular flexibility index (Phi) is 7.33. The molecule has 0 amide bonds. The largest absolute Gasteiger partial charge is 0.466 e. The second-order valence-corrected chi connectivity index (χ2v) is 12.7. The van der Waals surface area contributed by atoms with Crippen molar-refractivity contribution in [3.05, 3.63) is 12.2 Å². The molecule has 1 aliphatic carbocycles. The zero-order valence-electron chi connectivity index (χ0n) is 15.3. The molecule has 0 aromatic heterocycles. The maximum Gasteiger partial charge on any atom is 0.330 e. The molecule has 1 saturated carbocycles. The summed E-state index contributed by atoms with van der Waals surface area (Å²) in [5.74, 6) is 0.364. The number of methoxy groups -OCH3 is 1. The Hall–Kier alpha value is -0.613. The molecule has 0 spiro atoms. The lowest BCUT2D eigenvalue weighted by Gasteiger charge is -2.43. The summed E-state index contributed by atoms with van der Waals surface area (Å²) in [5.41, 5.74) is 0. The molecule has 0 aromatic carbocycles. The number of hydrogen-bond acceptors (Lipinski definition) is 3. The summed E-state index contributed by atoms with van der Waals surface area (Å²) in [6, 6.07) is 0. The van der Waals surface area contributed by atoms with Crippen molar-refractivity contribution in [2.75, 3.05) is 7.11 Å². The van der Waals surface area contributed by atoms with Crippen LogP contribution in [0, 0.1) is 5.92 Å². The fourth-order valence-electron chi connectivity index (χ4n) is 2.77. The second-order valence-electron chi connectivity index (χ2n) is 7.96. The summed E-state index contributed by atoms with van der Waals surface area (Å²) in [7, 11) is -0.284. The zero-order valence-corrected chi connectivity index (χ0v) is 16.3. The maximum atomic E-state index is 11.1. The van der Waals surface area contributed by atoms with Crippen LogP contribution in [0.1, 0.15) is 59.3 Å². The lowest BCUT2D eigenvalue weighted by molar-refractivity contribution is -0.134. The van der Waals surface area contributed by atoms with E-state index in [1.807, 2.05) is 6.08 Å². The summed E-state index contributed by atoms with van der Waals surface area (Å²) in [6.07, 6.45) is 10.9. The zero-order chi connectivity index (χ0) is 16.8. The van der Waals surface area contributed by atoms with Gasteiger partial charge in [0.05, 0.1) is 7.11 Å². The third-order valence-corrected chi connectivity index (χ3v) is 9.76. The molecule has 1 fully saturated rings. The van der Waals surface area contributed by atoms with Gasteiger partial charge >= 0.3 is 5.97 Å². The van der Waals surface area contributed by atoms with Gasteiger partial charge in [0.25, 0.3) is 0 Å². The van der Waals surface area contributed by atoms with Gasteiger partial charge in [-0.2, -0.15) is 0 Å². The van der Waals surface area contributed by atoms with Crippen molar-refractivity contribution in [2.45, 2.75) is 83.5 Å². The van der Waals surface area contributed by atoms with Gasteiger partial charge in [-0.3, -0.25) is 0 Å². The number of carbonyl (C=O) groups is 1. The highest BCUT2D eigenvalue weighted by molar-refractivity contribution is 6.74. The Balaban J connectivity index is 2.57. The van der Waals surface area contributed by atoms with Crippen molar-refractivity contribution in [1.29, 1.82) is 0 Å². The van der Waals surface area contributed by atoms with Crippen LogP contribution in [0.4, 0.5) is 0 Å². The van der Waals surface area contributed by atoms with Gasteiger partial charge in [-0.1, -0.05) is 39.7 Å². The highest BCUT2D eigenvalue weighted by Crippen LogP contribution is 2.41. The van der Waals surface area contributed by atoms with Crippen LogP contribution in [0.25, 0.3) is 0 Å². The van der Waals surface area contributed by atoms with Crippen molar-refractivity contribution in [2.24, 2.45) is 5.92 Å². The smallest absolute Gasteiger partial charge is 0.330 e. The molecule has 1 aliphatic rings. The first-order chi connectivity index (χ1) is 10.2. The van der Waals surface area contributed by atoms with E-state index < -0.39 is 8.32 Å². The monoisotopic (exact) mass is 326 g/mol. The summed E-state index contributed by atoms with van der Waals surface area (Å²) < 4.78 is 11.3. The van der Waals surface area contributed by atoms with Crippen LogP contribution in [-0.2, 0) is 14.0 Å². The molecule has 128 valence electrons. The van der Waals surface area contributed by atoms with E-state index in [1.54, 1.807) is 0 Å². The van der Waals surface area contributed by atoms with Gasteiger partial charge in [0.15, 0.2) is 8.32 Å². The van der Waals surface area contributed by atoms with Crippen LogP contribution < -0.4 is 0 Å². The average Bonchev–Trinajstić information content (AvgIpc) is 2.43. The Bertz CT molecular complexity index is 382. The SMILES string of the molecule is COC(=O)C=CCCC1CCCCC1O[Si](C)(C)C(C)(C)C. The number of allylic oxidation sites excluding steroid dienone is 1. The maximum absolute atomic E-state index is 11.1. The van der Waals surface area contributed by atoms with Crippen LogP contribution >= 0.6 is 0 Å². The van der Waals surface area contributed by atoms with Crippen LogP contribution in [0.15, 0.2) is 12.2 Å². The highest BCUT2D eigenvalue weighted by Gasteiger charge is 2.41. The Morgan fingerprint density at radius 2 is 1.86 bits per heavy atom. The molecule has 3 nitrogen and oxygen atoms in total. The van der Waals surface area contributed by atoms with Crippen molar-refractivity contribution in [3.63, 3.8) is 0 Å². The van der Waals surface area contributed by atoms with Gasteiger partial charge in [0.1, 0.15) is 0 Å². The van der Waals surface area contributed by atoms with Gasteiger partial charge in [-0.15, -0.1) is 0 Å². The fourth-order valence-corrected chi connectivity index (χ4v) is 4.19. The van der Waals surface area contributed by atoms with Crippen molar-refractivity contribution in [3.8, 4) is 0 Å². The lowest BCUT2D eigenvalue weighted by atomic mass is 9.83. The molecule has 0 heterocycles. The first kappa shape index (κ1) is 19.4. The number of hydrogen-bond donors (Lipinski definition) is 0. The molecule has 1 rings (SSSR count). The Morgan fingerprint density at radius 1 is 1.23 bits per heavy atom. The number of rotatable bonds is 6. The number of esters is 1. The molecule has 0 aromatic rings. The molecule has 0 N–H and O–H groups in total. The minimum atomic E-state index is -1.70. The van der Waals surface area contributed by atoms with Gasteiger partial charge in [-0.05, 0) is 49.7 Å². The van der Waals surface area contributed by atoms with Gasteiger partial charge in [-0.25, -0.2) is 4.79 Å². The Labute approximate surface area is 137 Å². The molecule has 0 bridgehead atoms. The average molecular weight is 327 g/mol. The molecule has 22 heavy (non-hydrogen) atoms. The number of ether oxygens (including phenoxy) is 1. The van der Waals surface area contributed by atoms with E-state index in [1.165, 1.54) is 38.9 Å². The summed E-state index contributed by atoms with van der Waals surface area (Å²) in [4.78, 5) is 11.1. The quantitative estimate of drug-likeness (QED) is 0.388. The normalized spacial score (nSPS) is 23.7. The molecule has 2 unspecified atom stereocenters. The fraction of sp³-hybridized carbons (Fsp3) is 0.833. The molecular formula is C18H34O3Si. The van der Waals surface area contributed by atoms with Crippen molar-refractivity contribution in [1.82, 2.24) is 0 Å². The molecule has 0 saturated heterocycles. The van der Waals surface area contributed by atoms with Crippen LogP contribution in [0.2, 0.25) is 18.1 Å². The van der Waals surface area contributed by atoms with Gasteiger partial charge < -0.3 is 9.16 Å². The van der Waals surface area contributed by atoms with Gasteiger partial charge in [0, 0.05) is 12.2 Å². The molecule has 4 heteroatoms. The summed E-state index contributed by atoms with van der Waals surface area (Å²) in [6.45, 7) is 11.6. The Morgan fingerprint density at radius 3 is 2.45 bits per heavy atom. The summed E-state index contributed by atoms with van der Waals surface area (Å²) in [5, 5.41) is 0.264. The number of carbonyl (C=O) groups excluding carboxylic acids is 1. The lowest BCUT2D eigenvalue weighted by Crippen LogP contribution is -2.46. The highest BCUT2D eigenvalue weighted by atomic mass is 28.4. The van der Waals surface area contributed by atoms with E-state index in [2.05, 4.69) is 38.6 Å². The van der Waals surface area contributed by atoms with E-state index in [4.69, 9.17) is 4.43 Å². The minimum Gasteiger partial charge on any atom is -0.466 e. The topological polar surface area (TPSA) is 35.5 Å². The minimum absolute atomic E-state index is 0.264. The first-order valence-corrected chi connectivity index (χ1v) is 11.5. The van der Waals surface area contributed by atoms with E-state index in [9.17, 15) is 4.79 Å². The molecule has 0 aliphatic heterocycles. The van der Waals surface area contributed by atoms with Crippen molar-refractivity contribution < 1.29 is 14.0 Å². The van der Waals surface area contributed by atoms with Crippen LogP contribution in [-0.4, -0.2) is 27.5 Å². The van der Waals surface area contributed by atoms with Crippen LogP contribution in [0.3, 0.4) is 0 Å². The third kappa shape index (κ3) is 5.88.